The standard InChI is InChI=1S/2C8H12.CH2O.Co/c2*1-2-4-6-8-7-5-3-1;1-2;/h2*1-4H,5-8H2;1H2;. The summed E-state index contributed by atoms with van der Waals surface area (Å²) in [5, 5.41) is 0. The van der Waals surface area contributed by atoms with Gasteiger partial charge in [-0.25, -0.2) is 0 Å². The Kier molecular flexibility index (Phi) is 21.0. The second-order valence-electron chi connectivity index (χ2n) is 4.28. The Labute approximate surface area is 128 Å². The van der Waals surface area contributed by atoms with Gasteiger partial charge < -0.3 is 4.79 Å². The molecule has 0 N–H and O–H groups in total. The van der Waals surface area contributed by atoms with Gasteiger partial charge in [-0.2, -0.15) is 0 Å². The molecule has 109 valence electrons. The van der Waals surface area contributed by atoms with Crippen molar-refractivity contribution in [2.45, 2.75) is 51.4 Å². The SMILES string of the molecule is C1=CCCCCC=C1.C1=CCCCCC=C1.C=O.[Co]. The summed E-state index contributed by atoms with van der Waals surface area (Å²) in [5.74, 6) is 0. The molecule has 0 aromatic heterocycles. The summed E-state index contributed by atoms with van der Waals surface area (Å²) in [6, 6.07) is 0. The molecule has 2 rings (SSSR count). The number of hydrogen-bond donors (Lipinski definition) is 0. The van der Waals surface area contributed by atoms with Crippen molar-refractivity contribution in [3.63, 3.8) is 0 Å². The Bertz CT molecular complexity index is 221. The maximum absolute atomic E-state index is 8.00. The number of carbonyl (C=O) groups is 1. The zero-order valence-electron chi connectivity index (χ0n) is 11.7. The summed E-state index contributed by atoms with van der Waals surface area (Å²) in [7, 11) is 0. The molecule has 0 unspecified atom stereocenters. The molecule has 0 aromatic carbocycles. The number of carbonyl (C=O) groups excluding carboxylic acids is 1. The Morgan fingerprint density at radius 1 is 0.526 bits per heavy atom. The van der Waals surface area contributed by atoms with Gasteiger partial charge in [0, 0.05) is 16.8 Å². The van der Waals surface area contributed by atoms with Crippen LogP contribution < -0.4 is 0 Å². The van der Waals surface area contributed by atoms with Crippen LogP contribution in [0.5, 0.6) is 0 Å². The molecule has 0 aromatic rings. The van der Waals surface area contributed by atoms with Gasteiger partial charge in [-0.3, -0.25) is 0 Å². The molecule has 0 saturated carbocycles. The van der Waals surface area contributed by atoms with Crippen LogP contribution in [-0.2, 0) is 21.6 Å². The van der Waals surface area contributed by atoms with Crippen LogP contribution in [0.2, 0.25) is 0 Å². The van der Waals surface area contributed by atoms with Crippen LogP contribution in [0.4, 0.5) is 0 Å². The Morgan fingerprint density at radius 2 is 0.737 bits per heavy atom. The average Bonchev–Trinajstić information content (AvgIpc) is 2.30. The molecule has 0 aliphatic heterocycles. The monoisotopic (exact) mass is 305 g/mol. The van der Waals surface area contributed by atoms with Crippen molar-refractivity contribution in [1.29, 1.82) is 0 Å². The summed E-state index contributed by atoms with van der Waals surface area (Å²) in [5.41, 5.74) is 0. The molecule has 19 heavy (non-hydrogen) atoms. The van der Waals surface area contributed by atoms with E-state index in [0.717, 1.165) is 0 Å². The van der Waals surface area contributed by atoms with Gasteiger partial charge in [0.05, 0.1) is 0 Å². The van der Waals surface area contributed by atoms with Crippen molar-refractivity contribution in [3.05, 3.63) is 48.6 Å². The fraction of sp³-hybridized carbons (Fsp3) is 0.471. The minimum atomic E-state index is 0. The summed E-state index contributed by atoms with van der Waals surface area (Å²) >= 11 is 0. The first-order chi connectivity index (χ1) is 9.00. The van der Waals surface area contributed by atoms with Gasteiger partial charge in [-0.15, -0.1) is 0 Å². The van der Waals surface area contributed by atoms with Crippen molar-refractivity contribution < 1.29 is 21.6 Å². The third kappa shape index (κ3) is 17.1. The third-order valence-electron chi connectivity index (χ3n) is 2.75. The first kappa shape index (κ1) is 20.5. The number of hydrogen-bond acceptors (Lipinski definition) is 1. The van der Waals surface area contributed by atoms with Crippen LogP contribution in [0, 0.1) is 0 Å². The van der Waals surface area contributed by atoms with E-state index in [1.54, 1.807) is 0 Å². The van der Waals surface area contributed by atoms with Crippen LogP contribution in [0.25, 0.3) is 0 Å². The van der Waals surface area contributed by atoms with Gasteiger partial charge in [0.25, 0.3) is 0 Å². The molecule has 0 amide bonds. The van der Waals surface area contributed by atoms with Crippen molar-refractivity contribution in [3.8, 4) is 0 Å². The van der Waals surface area contributed by atoms with Gasteiger partial charge in [-0.05, 0) is 51.4 Å². The first-order valence-electron chi connectivity index (χ1n) is 6.92. The Balaban J connectivity index is 0. The maximum atomic E-state index is 8.00. The van der Waals surface area contributed by atoms with E-state index in [4.69, 9.17) is 4.79 Å². The van der Waals surface area contributed by atoms with E-state index < -0.39 is 0 Å². The van der Waals surface area contributed by atoms with Crippen molar-refractivity contribution in [1.82, 2.24) is 0 Å². The minimum absolute atomic E-state index is 0. The Morgan fingerprint density at radius 3 is 0.947 bits per heavy atom. The topological polar surface area (TPSA) is 17.1 Å². The van der Waals surface area contributed by atoms with E-state index in [2.05, 4.69) is 48.6 Å². The molecule has 0 spiro atoms. The summed E-state index contributed by atoms with van der Waals surface area (Å²) in [6.45, 7) is 2.00. The van der Waals surface area contributed by atoms with Crippen molar-refractivity contribution >= 4 is 6.79 Å². The largest absolute Gasteiger partial charge is 0.307 e. The van der Waals surface area contributed by atoms with Crippen molar-refractivity contribution in [2.75, 3.05) is 0 Å². The molecule has 0 atom stereocenters. The first-order valence-corrected chi connectivity index (χ1v) is 6.92. The Hall–Kier alpha value is -0.864. The molecule has 0 heterocycles. The molecule has 2 heteroatoms. The van der Waals surface area contributed by atoms with E-state index in [0.29, 0.717) is 0 Å². The van der Waals surface area contributed by atoms with E-state index in [-0.39, 0.29) is 16.8 Å². The van der Waals surface area contributed by atoms with Crippen LogP contribution >= 0.6 is 0 Å². The second-order valence-corrected chi connectivity index (χ2v) is 4.28. The van der Waals surface area contributed by atoms with Gasteiger partial charge in [0.2, 0.25) is 0 Å². The normalized spacial score (nSPS) is 17.1. The predicted octanol–water partition coefficient (Wildman–Crippen LogP) is 5.16. The molecular formula is C17H26CoO. The fourth-order valence-electron chi connectivity index (χ4n) is 1.75. The quantitative estimate of drug-likeness (QED) is 0.604. The average molecular weight is 305 g/mol. The van der Waals surface area contributed by atoms with E-state index in [1.807, 2.05) is 6.79 Å². The van der Waals surface area contributed by atoms with E-state index >= 15 is 0 Å². The summed E-state index contributed by atoms with van der Waals surface area (Å²) < 4.78 is 0. The molecule has 0 saturated heterocycles. The zero-order chi connectivity index (χ0) is 13.3. The van der Waals surface area contributed by atoms with Crippen LogP contribution in [-0.4, -0.2) is 6.79 Å². The van der Waals surface area contributed by atoms with Gasteiger partial charge in [0.15, 0.2) is 0 Å². The minimum Gasteiger partial charge on any atom is -0.307 e. The van der Waals surface area contributed by atoms with Crippen LogP contribution in [0.3, 0.4) is 0 Å². The van der Waals surface area contributed by atoms with E-state index in [9.17, 15) is 0 Å². The number of rotatable bonds is 0. The summed E-state index contributed by atoms with van der Waals surface area (Å²) in [4.78, 5) is 8.00. The zero-order valence-corrected chi connectivity index (χ0v) is 12.8. The van der Waals surface area contributed by atoms with Gasteiger partial charge in [-0.1, -0.05) is 48.6 Å². The van der Waals surface area contributed by atoms with Crippen LogP contribution in [0.15, 0.2) is 48.6 Å². The van der Waals surface area contributed by atoms with Crippen LogP contribution in [0.1, 0.15) is 51.4 Å². The predicted molar refractivity (Wildman–Crippen MR) is 80.6 cm³/mol. The van der Waals surface area contributed by atoms with Crippen molar-refractivity contribution in [2.24, 2.45) is 0 Å². The van der Waals surface area contributed by atoms with E-state index in [1.165, 1.54) is 51.4 Å². The molecule has 2 aliphatic carbocycles. The maximum Gasteiger partial charge on any atom is 0.106 e. The molecule has 2 aliphatic rings. The molecule has 1 nitrogen and oxygen atoms in total. The van der Waals surface area contributed by atoms with Gasteiger partial charge >= 0.3 is 0 Å². The molecule has 1 radical (unpaired) electrons. The molecule has 0 fully saturated rings. The second kappa shape index (κ2) is 19.5. The molecule has 0 bridgehead atoms. The van der Waals surface area contributed by atoms with Gasteiger partial charge in [0.1, 0.15) is 6.79 Å². The summed E-state index contributed by atoms with van der Waals surface area (Å²) in [6.07, 6.45) is 28.0. The third-order valence-corrected chi connectivity index (χ3v) is 2.75. The molecular weight excluding hydrogens is 279 g/mol. The number of allylic oxidation sites excluding steroid dienone is 8. The fourth-order valence-corrected chi connectivity index (χ4v) is 1.75. The smallest absolute Gasteiger partial charge is 0.106 e.